The summed E-state index contributed by atoms with van der Waals surface area (Å²) in [5.41, 5.74) is 2.04. The van der Waals surface area contributed by atoms with E-state index in [0.717, 1.165) is 16.6 Å². The summed E-state index contributed by atoms with van der Waals surface area (Å²) in [5.74, 6) is -4.66. The molecule has 29 heavy (non-hydrogen) atoms. The molecule has 1 N–H and O–H groups in total. The van der Waals surface area contributed by atoms with Gasteiger partial charge in [0.15, 0.2) is 17.5 Å². The largest absolute Gasteiger partial charge is 0.338 e. The molecule has 0 aliphatic rings. The van der Waals surface area contributed by atoms with Gasteiger partial charge in [0.2, 0.25) is 0 Å². The van der Waals surface area contributed by atoms with Gasteiger partial charge in [-0.25, -0.2) is 18.2 Å². The lowest BCUT2D eigenvalue weighted by molar-refractivity contribution is 0.0940. The minimum atomic E-state index is -1.61. The van der Waals surface area contributed by atoms with Gasteiger partial charge < -0.3 is 9.88 Å². The summed E-state index contributed by atoms with van der Waals surface area (Å²) >= 11 is 0. The lowest BCUT2D eigenvalue weighted by Gasteiger charge is -2.19. The third-order valence-electron chi connectivity index (χ3n) is 4.73. The van der Waals surface area contributed by atoms with Crippen molar-refractivity contribution in [2.75, 3.05) is 0 Å². The van der Waals surface area contributed by atoms with E-state index < -0.39 is 29.4 Å². The maximum atomic E-state index is 13.6. The topological polar surface area (TPSA) is 46.9 Å². The highest BCUT2D eigenvalue weighted by Crippen LogP contribution is 2.25. The van der Waals surface area contributed by atoms with Crippen LogP contribution in [0.1, 0.15) is 27.8 Å². The van der Waals surface area contributed by atoms with Gasteiger partial charge in [-0.2, -0.15) is 0 Å². The first-order valence-electron chi connectivity index (χ1n) is 8.87. The van der Waals surface area contributed by atoms with Crippen LogP contribution in [-0.2, 0) is 7.05 Å². The lowest BCUT2D eigenvalue weighted by atomic mass is 10.1. The first-order valence-corrected chi connectivity index (χ1v) is 8.87. The highest BCUT2D eigenvalue weighted by molar-refractivity contribution is 5.94. The van der Waals surface area contributed by atoms with Crippen LogP contribution in [0.15, 0.2) is 66.7 Å². The summed E-state index contributed by atoms with van der Waals surface area (Å²) in [6.45, 7) is 0. The fourth-order valence-electron chi connectivity index (χ4n) is 3.27. The molecule has 4 rings (SSSR count). The second kappa shape index (κ2) is 7.43. The van der Waals surface area contributed by atoms with E-state index in [0.29, 0.717) is 18.0 Å². The Kier molecular flexibility index (Phi) is 4.80. The van der Waals surface area contributed by atoms with Crippen LogP contribution in [0.2, 0.25) is 0 Å². The van der Waals surface area contributed by atoms with Gasteiger partial charge in [-0.05, 0) is 29.8 Å². The molecular formula is C22H16F3N3O. The second-order valence-corrected chi connectivity index (χ2v) is 6.59. The molecule has 0 aliphatic heterocycles. The van der Waals surface area contributed by atoms with Gasteiger partial charge in [0.05, 0.1) is 11.0 Å². The molecular weight excluding hydrogens is 379 g/mol. The minimum Gasteiger partial charge on any atom is -0.338 e. The van der Waals surface area contributed by atoms with Gasteiger partial charge in [0, 0.05) is 12.6 Å². The Balaban J connectivity index is 1.78. The Hall–Kier alpha value is -3.61. The van der Waals surface area contributed by atoms with Crippen molar-refractivity contribution < 1.29 is 18.0 Å². The highest BCUT2D eigenvalue weighted by atomic mass is 19.2. The van der Waals surface area contributed by atoms with Crippen LogP contribution in [0, 0.1) is 17.5 Å². The molecule has 146 valence electrons. The van der Waals surface area contributed by atoms with E-state index in [1.807, 2.05) is 66.2 Å². The number of fused-ring (bicyclic) bond motifs is 1. The molecule has 1 atom stereocenters. The molecule has 0 saturated heterocycles. The zero-order valence-electron chi connectivity index (χ0n) is 15.4. The smallest absolute Gasteiger partial charge is 0.252 e. The quantitative estimate of drug-likeness (QED) is 0.517. The van der Waals surface area contributed by atoms with E-state index >= 15 is 0 Å². The molecule has 0 fully saturated rings. The molecule has 3 aromatic carbocycles. The number of aryl methyl sites for hydroxylation is 1. The van der Waals surface area contributed by atoms with Gasteiger partial charge in [-0.15, -0.1) is 0 Å². The van der Waals surface area contributed by atoms with Crippen molar-refractivity contribution in [3.05, 3.63) is 101 Å². The normalized spacial score (nSPS) is 12.1. The summed E-state index contributed by atoms with van der Waals surface area (Å²) in [4.78, 5) is 17.4. The molecule has 0 radical (unpaired) electrons. The lowest BCUT2D eigenvalue weighted by Crippen LogP contribution is -2.31. The number of hydrogen-bond acceptors (Lipinski definition) is 2. The molecule has 0 saturated carbocycles. The van der Waals surface area contributed by atoms with Gasteiger partial charge in [0.1, 0.15) is 11.9 Å². The Morgan fingerprint density at radius 2 is 1.59 bits per heavy atom. The van der Waals surface area contributed by atoms with Crippen molar-refractivity contribution in [1.82, 2.24) is 14.9 Å². The minimum absolute atomic E-state index is 0.318. The van der Waals surface area contributed by atoms with Gasteiger partial charge in [-0.3, -0.25) is 4.79 Å². The number of benzene rings is 3. The third kappa shape index (κ3) is 3.47. The summed E-state index contributed by atoms with van der Waals surface area (Å²) in [7, 11) is 1.82. The number of nitrogens with one attached hydrogen (secondary N) is 1. The van der Waals surface area contributed by atoms with Crippen molar-refractivity contribution in [3.63, 3.8) is 0 Å². The highest BCUT2D eigenvalue weighted by Gasteiger charge is 2.24. The van der Waals surface area contributed by atoms with E-state index in [4.69, 9.17) is 0 Å². The molecule has 1 aromatic heterocycles. The molecule has 1 amide bonds. The number of carbonyl (C=O) groups excluding carboxylic acids is 1. The summed E-state index contributed by atoms with van der Waals surface area (Å²) in [6.07, 6.45) is 0. The fraction of sp³-hybridized carbons (Fsp3) is 0.0909. The van der Waals surface area contributed by atoms with Crippen LogP contribution in [0.3, 0.4) is 0 Å². The van der Waals surface area contributed by atoms with Crippen molar-refractivity contribution in [2.45, 2.75) is 6.04 Å². The average molecular weight is 395 g/mol. The fourth-order valence-corrected chi connectivity index (χ4v) is 3.27. The number of aromatic nitrogens is 2. The standard InChI is InChI=1S/C22H16F3N3O/c1-28-18-10-6-5-9-17(18)26-21(28)20(13-7-3-2-4-8-13)27-22(29)14-11-15(23)19(25)16(24)12-14/h2-12,20H,1H3,(H,27,29). The Bertz CT molecular complexity index is 1180. The molecule has 0 aliphatic carbocycles. The van der Waals surface area contributed by atoms with Crippen molar-refractivity contribution in [3.8, 4) is 0 Å². The zero-order chi connectivity index (χ0) is 20.5. The van der Waals surface area contributed by atoms with E-state index in [1.54, 1.807) is 0 Å². The van der Waals surface area contributed by atoms with Crippen LogP contribution in [0.4, 0.5) is 13.2 Å². The van der Waals surface area contributed by atoms with E-state index in [9.17, 15) is 18.0 Å². The second-order valence-electron chi connectivity index (χ2n) is 6.59. The van der Waals surface area contributed by atoms with E-state index in [2.05, 4.69) is 10.3 Å². The molecule has 0 spiro atoms. The maximum absolute atomic E-state index is 13.6. The number of amides is 1. The Labute approximate surface area is 164 Å². The van der Waals surface area contributed by atoms with Crippen molar-refractivity contribution >= 4 is 16.9 Å². The van der Waals surface area contributed by atoms with E-state index in [1.165, 1.54) is 0 Å². The monoisotopic (exact) mass is 395 g/mol. The number of nitrogens with zero attached hydrogens (tertiary/aromatic N) is 2. The Morgan fingerprint density at radius 1 is 0.966 bits per heavy atom. The SMILES string of the molecule is Cn1c(C(NC(=O)c2cc(F)c(F)c(F)c2)c2ccccc2)nc2ccccc21. The van der Waals surface area contributed by atoms with Crippen LogP contribution < -0.4 is 5.32 Å². The number of para-hydroxylation sites is 2. The van der Waals surface area contributed by atoms with Crippen LogP contribution in [0.5, 0.6) is 0 Å². The molecule has 1 unspecified atom stereocenters. The van der Waals surface area contributed by atoms with Crippen LogP contribution in [-0.4, -0.2) is 15.5 Å². The summed E-state index contributed by atoms with van der Waals surface area (Å²) in [5, 5.41) is 2.76. The molecule has 1 heterocycles. The predicted molar refractivity (Wildman–Crippen MR) is 103 cm³/mol. The predicted octanol–water partition coefficient (Wildman–Crippen LogP) is 4.51. The first kappa shape index (κ1) is 18.7. The summed E-state index contributed by atoms with van der Waals surface area (Å²) < 4.78 is 42.2. The third-order valence-corrected chi connectivity index (χ3v) is 4.73. The average Bonchev–Trinajstić information content (AvgIpc) is 3.07. The van der Waals surface area contributed by atoms with Gasteiger partial charge in [-0.1, -0.05) is 42.5 Å². The molecule has 7 heteroatoms. The molecule has 0 bridgehead atoms. The van der Waals surface area contributed by atoms with Crippen molar-refractivity contribution in [1.29, 1.82) is 0 Å². The van der Waals surface area contributed by atoms with Gasteiger partial charge >= 0.3 is 0 Å². The maximum Gasteiger partial charge on any atom is 0.252 e. The summed E-state index contributed by atoms with van der Waals surface area (Å²) in [6, 6.07) is 17.3. The van der Waals surface area contributed by atoms with E-state index in [-0.39, 0.29) is 5.56 Å². The number of carbonyl (C=O) groups is 1. The first-order chi connectivity index (χ1) is 14.0. The number of halogens is 3. The number of hydrogen-bond donors (Lipinski definition) is 1. The van der Waals surface area contributed by atoms with Crippen molar-refractivity contribution in [2.24, 2.45) is 7.05 Å². The number of rotatable bonds is 4. The Morgan fingerprint density at radius 3 is 2.24 bits per heavy atom. The zero-order valence-corrected chi connectivity index (χ0v) is 15.4. The van der Waals surface area contributed by atoms with Crippen LogP contribution in [0.25, 0.3) is 11.0 Å². The van der Waals surface area contributed by atoms with Crippen LogP contribution >= 0.6 is 0 Å². The van der Waals surface area contributed by atoms with Gasteiger partial charge in [0.25, 0.3) is 5.91 Å². The molecule has 4 aromatic rings. The number of imidazole rings is 1. The molecule has 4 nitrogen and oxygen atoms in total.